The van der Waals surface area contributed by atoms with Gasteiger partial charge in [0.25, 0.3) is 0 Å². The van der Waals surface area contributed by atoms with E-state index in [0.717, 1.165) is 0 Å². The van der Waals surface area contributed by atoms with Crippen molar-refractivity contribution < 1.29 is 66.5 Å². The maximum Gasteiger partial charge on any atom is 1.00 e. The van der Waals surface area contributed by atoms with E-state index in [2.05, 4.69) is 10.2 Å². The molecule has 5 nitrogen and oxygen atoms in total. The molecule has 0 aliphatic heterocycles. The van der Waals surface area contributed by atoms with Crippen molar-refractivity contribution in [1.82, 2.24) is 10.2 Å². The van der Waals surface area contributed by atoms with E-state index < -0.39 is 7.32 Å². The molecule has 0 saturated carbocycles. The van der Waals surface area contributed by atoms with Crippen LogP contribution in [0.25, 0.3) is 0 Å². The molecule has 1 rings (SSSR count). The molecular formula is C3H6BKN2O3. The molecule has 0 aliphatic carbocycles. The van der Waals surface area contributed by atoms with Gasteiger partial charge < -0.3 is 25.3 Å². The summed E-state index contributed by atoms with van der Waals surface area (Å²) in [7, 11) is -2.17. The fourth-order valence-electron chi connectivity index (χ4n) is 0.192. The smallest absolute Gasteiger partial charge is 0.582 e. The quantitative estimate of drug-likeness (QED) is 0.337. The Balaban J connectivity index is 0. The first-order chi connectivity index (χ1) is 4.23. The van der Waals surface area contributed by atoms with Crippen LogP contribution in [-0.2, 0) is 0 Å². The number of hydrogen-bond acceptors (Lipinski definition) is 4. The van der Waals surface area contributed by atoms with Gasteiger partial charge in [-0.2, -0.15) is 6.20 Å². The van der Waals surface area contributed by atoms with Crippen molar-refractivity contribution in [2.45, 2.75) is 0 Å². The molecule has 7 heteroatoms. The van der Waals surface area contributed by atoms with Crippen molar-refractivity contribution >= 4 is 7.32 Å². The second kappa shape index (κ2) is 9.79. The van der Waals surface area contributed by atoms with Crippen molar-refractivity contribution in [2.24, 2.45) is 0 Å². The molecule has 1 aromatic heterocycles. The van der Waals surface area contributed by atoms with Crippen molar-refractivity contribution in [2.75, 3.05) is 0 Å². The van der Waals surface area contributed by atoms with Crippen LogP contribution in [-0.4, -0.2) is 27.5 Å². The molecule has 3 N–H and O–H groups in total. The van der Waals surface area contributed by atoms with Crippen LogP contribution in [0.2, 0.25) is 0 Å². The van der Waals surface area contributed by atoms with Gasteiger partial charge in [-0.25, -0.2) is 0 Å². The van der Waals surface area contributed by atoms with E-state index in [0.29, 0.717) is 0 Å². The SMILES string of the molecule is OB(O)O.[K+].c1cn[n-]c1. The maximum atomic E-state index is 7.17. The summed E-state index contributed by atoms with van der Waals surface area (Å²) in [5.74, 6) is 0. The first-order valence-electron chi connectivity index (χ1n) is 2.16. The molecule has 0 aliphatic rings. The van der Waals surface area contributed by atoms with Crippen LogP contribution in [0, 0.1) is 0 Å². The summed E-state index contributed by atoms with van der Waals surface area (Å²) in [4.78, 5) is 0. The minimum atomic E-state index is -2.17. The topological polar surface area (TPSA) is 87.7 Å². The van der Waals surface area contributed by atoms with Crippen molar-refractivity contribution in [3.8, 4) is 0 Å². The summed E-state index contributed by atoms with van der Waals surface area (Å²) in [5, 5.41) is 28.4. The van der Waals surface area contributed by atoms with Crippen LogP contribution in [0.4, 0.5) is 0 Å². The van der Waals surface area contributed by atoms with Gasteiger partial charge in [0, 0.05) is 6.20 Å². The summed E-state index contributed by atoms with van der Waals surface area (Å²) in [5.41, 5.74) is 0. The Morgan fingerprint density at radius 1 is 1.30 bits per heavy atom. The average Bonchev–Trinajstić information content (AvgIpc) is 2.11. The molecule has 0 amide bonds. The zero-order chi connectivity index (χ0) is 7.11. The Kier molecular flexibility index (Phi) is 13.1. The van der Waals surface area contributed by atoms with Crippen LogP contribution in [0.15, 0.2) is 18.5 Å². The summed E-state index contributed by atoms with van der Waals surface area (Å²) >= 11 is 0. The summed E-state index contributed by atoms with van der Waals surface area (Å²) in [6.07, 6.45) is 3.28. The monoisotopic (exact) mass is 168 g/mol. The van der Waals surface area contributed by atoms with Crippen LogP contribution in [0.5, 0.6) is 0 Å². The summed E-state index contributed by atoms with van der Waals surface area (Å²) in [6, 6.07) is 1.78. The van der Waals surface area contributed by atoms with Gasteiger partial charge in [-0.3, -0.25) is 0 Å². The second-order valence-corrected chi connectivity index (χ2v) is 1.07. The van der Waals surface area contributed by atoms with Gasteiger partial charge >= 0.3 is 58.7 Å². The van der Waals surface area contributed by atoms with Gasteiger partial charge in [0.2, 0.25) is 0 Å². The van der Waals surface area contributed by atoms with E-state index >= 15 is 0 Å². The molecule has 10 heavy (non-hydrogen) atoms. The first kappa shape index (κ1) is 13.4. The molecule has 50 valence electrons. The fraction of sp³-hybridized carbons (Fsp3) is 0. The van der Waals surface area contributed by atoms with Gasteiger partial charge in [0.05, 0.1) is 0 Å². The largest absolute Gasteiger partial charge is 1.00 e. The van der Waals surface area contributed by atoms with Gasteiger partial charge in [0.15, 0.2) is 0 Å². The number of aromatic nitrogens is 2. The zero-order valence-corrected chi connectivity index (χ0v) is 8.67. The number of hydrogen-bond donors (Lipinski definition) is 3. The van der Waals surface area contributed by atoms with Gasteiger partial charge in [-0.15, -0.1) is 0 Å². The molecule has 0 radical (unpaired) electrons. The van der Waals surface area contributed by atoms with Crippen molar-refractivity contribution in [3.05, 3.63) is 18.5 Å². The Morgan fingerprint density at radius 3 is 1.90 bits per heavy atom. The Hall–Kier alpha value is 0.791. The predicted octanol–water partition coefficient (Wildman–Crippen LogP) is -5.01. The molecule has 0 spiro atoms. The predicted molar refractivity (Wildman–Crippen MR) is 30.0 cm³/mol. The standard InChI is InChI=1S/C3H3N2.BH3O3.K/c1-2-4-5-3-1;2-1(3)4;/h1-3H;2-4H;/q-1;;+1. The Bertz CT molecular complexity index is 105. The molecule has 0 bridgehead atoms. The molecule has 1 heterocycles. The summed E-state index contributed by atoms with van der Waals surface area (Å²) < 4.78 is 0. The molecule has 0 saturated heterocycles. The van der Waals surface area contributed by atoms with Crippen LogP contribution in [0.3, 0.4) is 0 Å². The normalized spacial score (nSPS) is 6.70. The van der Waals surface area contributed by atoms with Crippen LogP contribution >= 0.6 is 0 Å². The minimum Gasteiger partial charge on any atom is -0.582 e. The van der Waals surface area contributed by atoms with E-state index in [9.17, 15) is 0 Å². The zero-order valence-electron chi connectivity index (χ0n) is 5.55. The van der Waals surface area contributed by atoms with E-state index in [4.69, 9.17) is 15.1 Å². The molecule has 0 fully saturated rings. The van der Waals surface area contributed by atoms with Gasteiger partial charge in [-0.05, 0) is 0 Å². The van der Waals surface area contributed by atoms with Crippen LogP contribution < -0.4 is 56.5 Å². The van der Waals surface area contributed by atoms with E-state index in [-0.39, 0.29) is 51.4 Å². The van der Waals surface area contributed by atoms with Gasteiger partial charge in [0.1, 0.15) is 0 Å². The average molecular weight is 168 g/mol. The first-order valence-corrected chi connectivity index (χ1v) is 2.16. The molecule has 1 aromatic rings. The fourth-order valence-corrected chi connectivity index (χ4v) is 0.192. The molecular weight excluding hydrogens is 162 g/mol. The maximum absolute atomic E-state index is 7.17. The molecule has 0 atom stereocenters. The van der Waals surface area contributed by atoms with E-state index in [1.165, 1.54) is 0 Å². The van der Waals surface area contributed by atoms with E-state index in [1.54, 1.807) is 18.5 Å². The third-order valence-electron chi connectivity index (χ3n) is 0.372. The van der Waals surface area contributed by atoms with Gasteiger partial charge in [-0.1, -0.05) is 6.07 Å². The molecule has 0 unspecified atom stereocenters. The Morgan fingerprint density at radius 2 is 1.80 bits per heavy atom. The number of rotatable bonds is 0. The van der Waals surface area contributed by atoms with E-state index in [1.807, 2.05) is 0 Å². The Labute approximate surface area is 101 Å². The second-order valence-electron chi connectivity index (χ2n) is 1.07. The van der Waals surface area contributed by atoms with Crippen molar-refractivity contribution in [3.63, 3.8) is 0 Å². The third kappa shape index (κ3) is 15.9. The van der Waals surface area contributed by atoms with Crippen molar-refractivity contribution in [1.29, 1.82) is 0 Å². The minimum absolute atomic E-state index is 0. The third-order valence-corrected chi connectivity index (χ3v) is 0.372. The number of nitrogens with zero attached hydrogens (tertiary/aromatic N) is 2. The summed E-state index contributed by atoms with van der Waals surface area (Å²) in [6.45, 7) is 0. The van der Waals surface area contributed by atoms with Crippen LogP contribution in [0.1, 0.15) is 0 Å². The molecule has 0 aromatic carbocycles.